The Balaban J connectivity index is 1.50. The van der Waals surface area contributed by atoms with E-state index < -0.39 is 0 Å². The summed E-state index contributed by atoms with van der Waals surface area (Å²) in [5, 5.41) is 5.57. The summed E-state index contributed by atoms with van der Waals surface area (Å²) in [6.07, 6.45) is 0. The molecule has 4 aromatic rings. The van der Waals surface area contributed by atoms with E-state index in [-0.39, 0.29) is 12.5 Å². The minimum Gasteiger partial charge on any atom is -0.493 e. The second-order valence-corrected chi connectivity index (χ2v) is 6.67. The van der Waals surface area contributed by atoms with Gasteiger partial charge in [-0.2, -0.15) is 0 Å². The van der Waals surface area contributed by atoms with Gasteiger partial charge in [0, 0.05) is 5.39 Å². The van der Waals surface area contributed by atoms with Crippen molar-refractivity contribution in [2.24, 2.45) is 0 Å². The number of fused-ring (bicyclic) bond motifs is 3. The molecule has 26 heavy (non-hydrogen) atoms. The van der Waals surface area contributed by atoms with E-state index in [0.29, 0.717) is 16.6 Å². The van der Waals surface area contributed by atoms with Gasteiger partial charge in [0.1, 0.15) is 0 Å². The molecule has 0 radical (unpaired) electrons. The fourth-order valence-electron chi connectivity index (χ4n) is 2.75. The van der Waals surface area contributed by atoms with Gasteiger partial charge in [-0.3, -0.25) is 10.1 Å². The number of rotatable bonds is 5. The number of thiazole rings is 1. The van der Waals surface area contributed by atoms with Gasteiger partial charge in [-0.15, -0.1) is 0 Å². The third kappa shape index (κ3) is 3.19. The van der Waals surface area contributed by atoms with Crippen LogP contribution in [-0.2, 0) is 4.79 Å². The maximum absolute atomic E-state index is 12.2. The van der Waals surface area contributed by atoms with Crippen molar-refractivity contribution in [3.63, 3.8) is 0 Å². The predicted molar refractivity (Wildman–Crippen MR) is 104 cm³/mol. The summed E-state index contributed by atoms with van der Waals surface area (Å²) in [5.41, 5.74) is 0.897. The van der Waals surface area contributed by atoms with Crippen LogP contribution in [0.15, 0.2) is 60.7 Å². The van der Waals surface area contributed by atoms with Crippen molar-refractivity contribution >= 4 is 43.4 Å². The molecule has 0 spiro atoms. The van der Waals surface area contributed by atoms with Gasteiger partial charge in [-0.1, -0.05) is 53.8 Å². The molecule has 4 rings (SSSR count). The number of nitrogens with one attached hydrogen (secondary N) is 1. The van der Waals surface area contributed by atoms with E-state index in [1.54, 1.807) is 19.2 Å². The van der Waals surface area contributed by atoms with E-state index in [1.165, 1.54) is 11.3 Å². The first kappa shape index (κ1) is 16.4. The fraction of sp³-hybridized carbons (Fsp3) is 0.100. The lowest BCUT2D eigenvalue weighted by Gasteiger charge is -2.09. The molecule has 0 fully saturated rings. The Kier molecular flexibility index (Phi) is 4.41. The molecule has 0 aliphatic heterocycles. The fourth-order valence-corrected chi connectivity index (χ4v) is 3.65. The van der Waals surface area contributed by atoms with Crippen molar-refractivity contribution in [3.05, 3.63) is 60.7 Å². The van der Waals surface area contributed by atoms with Crippen LogP contribution in [0.4, 0.5) is 5.13 Å². The minimum atomic E-state index is -0.265. The lowest BCUT2D eigenvalue weighted by Crippen LogP contribution is -2.20. The molecule has 0 atom stereocenters. The van der Waals surface area contributed by atoms with Gasteiger partial charge in [0.2, 0.25) is 0 Å². The number of para-hydroxylation sites is 2. The van der Waals surface area contributed by atoms with Gasteiger partial charge >= 0.3 is 0 Å². The highest BCUT2D eigenvalue weighted by Crippen LogP contribution is 2.31. The van der Waals surface area contributed by atoms with Gasteiger partial charge in [0.05, 0.1) is 17.3 Å². The smallest absolute Gasteiger partial charge is 0.264 e. The quantitative estimate of drug-likeness (QED) is 0.567. The highest BCUT2D eigenvalue weighted by molar-refractivity contribution is 7.22. The zero-order chi connectivity index (χ0) is 17.9. The van der Waals surface area contributed by atoms with E-state index in [2.05, 4.69) is 16.4 Å². The first-order valence-corrected chi connectivity index (χ1v) is 8.90. The van der Waals surface area contributed by atoms with Crippen LogP contribution in [0, 0.1) is 0 Å². The Hall–Kier alpha value is -3.12. The van der Waals surface area contributed by atoms with E-state index >= 15 is 0 Å². The van der Waals surface area contributed by atoms with Crippen LogP contribution in [0.2, 0.25) is 0 Å². The third-order valence-electron chi connectivity index (χ3n) is 3.96. The van der Waals surface area contributed by atoms with Crippen molar-refractivity contribution in [3.8, 4) is 11.5 Å². The number of hydrogen-bond donors (Lipinski definition) is 1. The number of anilines is 1. The molecule has 130 valence electrons. The number of methoxy groups -OCH3 is 1. The largest absolute Gasteiger partial charge is 0.493 e. The Labute approximate surface area is 154 Å². The van der Waals surface area contributed by atoms with Crippen LogP contribution < -0.4 is 14.8 Å². The molecule has 1 N–H and O–H groups in total. The van der Waals surface area contributed by atoms with Gasteiger partial charge in [0.15, 0.2) is 23.2 Å². The summed E-state index contributed by atoms with van der Waals surface area (Å²) < 4.78 is 11.8. The molecule has 0 aliphatic carbocycles. The summed E-state index contributed by atoms with van der Waals surface area (Å²) in [7, 11) is 1.56. The number of carbonyl (C=O) groups is 1. The Morgan fingerprint density at radius 3 is 2.65 bits per heavy atom. The molecule has 5 nitrogen and oxygen atoms in total. The van der Waals surface area contributed by atoms with Crippen LogP contribution in [0.5, 0.6) is 11.5 Å². The molecule has 6 heteroatoms. The zero-order valence-corrected chi connectivity index (χ0v) is 14.9. The van der Waals surface area contributed by atoms with E-state index in [9.17, 15) is 4.79 Å². The SMILES string of the molecule is COc1ccccc1OCC(=O)Nc1nc2c(ccc3ccccc32)s1. The highest BCUT2D eigenvalue weighted by atomic mass is 32.1. The number of ether oxygens (including phenoxy) is 2. The van der Waals surface area contributed by atoms with E-state index in [0.717, 1.165) is 21.0 Å². The molecule has 0 saturated heterocycles. The molecule has 0 unspecified atom stereocenters. The predicted octanol–water partition coefficient (Wildman–Crippen LogP) is 4.48. The van der Waals surface area contributed by atoms with Gasteiger partial charge < -0.3 is 9.47 Å². The number of aromatic nitrogens is 1. The molecule has 3 aromatic carbocycles. The molecule has 0 saturated carbocycles. The molecule has 1 amide bonds. The highest BCUT2D eigenvalue weighted by Gasteiger charge is 2.11. The maximum atomic E-state index is 12.2. The van der Waals surface area contributed by atoms with Crippen molar-refractivity contribution in [1.29, 1.82) is 0 Å². The van der Waals surface area contributed by atoms with Gasteiger partial charge in [0.25, 0.3) is 5.91 Å². The molecular weight excluding hydrogens is 348 g/mol. The van der Waals surface area contributed by atoms with E-state index in [1.807, 2.05) is 42.5 Å². The molecule has 0 bridgehead atoms. The first-order valence-electron chi connectivity index (χ1n) is 8.08. The first-order chi connectivity index (χ1) is 12.7. The Morgan fingerprint density at radius 1 is 1.04 bits per heavy atom. The van der Waals surface area contributed by atoms with Crippen LogP contribution in [-0.4, -0.2) is 24.6 Å². The van der Waals surface area contributed by atoms with Crippen LogP contribution in [0.25, 0.3) is 21.0 Å². The van der Waals surface area contributed by atoms with Crippen molar-refractivity contribution < 1.29 is 14.3 Å². The average molecular weight is 364 g/mol. The minimum absolute atomic E-state index is 0.114. The summed E-state index contributed by atoms with van der Waals surface area (Å²) >= 11 is 1.45. The number of carbonyl (C=O) groups excluding carboxylic acids is 1. The second kappa shape index (κ2) is 7.01. The number of nitrogens with zero attached hydrogens (tertiary/aromatic N) is 1. The maximum Gasteiger partial charge on any atom is 0.264 e. The molecule has 1 heterocycles. The topological polar surface area (TPSA) is 60.5 Å². The van der Waals surface area contributed by atoms with Crippen LogP contribution in [0.3, 0.4) is 0 Å². The van der Waals surface area contributed by atoms with Crippen molar-refractivity contribution in [2.75, 3.05) is 19.0 Å². The third-order valence-corrected chi connectivity index (χ3v) is 4.89. The van der Waals surface area contributed by atoms with Crippen molar-refractivity contribution in [2.45, 2.75) is 0 Å². The lowest BCUT2D eigenvalue weighted by atomic mass is 10.1. The molecule has 0 aliphatic rings. The average Bonchev–Trinajstić information content (AvgIpc) is 3.09. The zero-order valence-electron chi connectivity index (χ0n) is 14.1. The number of hydrogen-bond acceptors (Lipinski definition) is 5. The second-order valence-electron chi connectivity index (χ2n) is 5.64. The Bertz CT molecular complexity index is 1090. The summed E-state index contributed by atoms with van der Waals surface area (Å²) in [6.45, 7) is -0.114. The number of amides is 1. The Morgan fingerprint density at radius 2 is 1.81 bits per heavy atom. The number of benzene rings is 3. The normalized spacial score (nSPS) is 10.8. The van der Waals surface area contributed by atoms with Crippen LogP contribution in [0.1, 0.15) is 0 Å². The monoisotopic (exact) mass is 364 g/mol. The molecular formula is C20H16N2O3S. The summed E-state index contributed by atoms with van der Waals surface area (Å²) in [6, 6.07) is 19.4. The molecule has 1 aromatic heterocycles. The van der Waals surface area contributed by atoms with Gasteiger partial charge in [-0.05, 0) is 23.6 Å². The summed E-state index contributed by atoms with van der Waals surface area (Å²) in [4.78, 5) is 16.8. The summed E-state index contributed by atoms with van der Waals surface area (Å²) in [5.74, 6) is 0.853. The van der Waals surface area contributed by atoms with Gasteiger partial charge in [-0.25, -0.2) is 4.98 Å². The lowest BCUT2D eigenvalue weighted by molar-refractivity contribution is -0.118. The van der Waals surface area contributed by atoms with Crippen LogP contribution >= 0.6 is 11.3 Å². The van der Waals surface area contributed by atoms with E-state index in [4.69, 9.17) is 9.47 Å². The van der Waals surface area contributed by atoms with Crippen molar-refractivity contribution in [1.82, 2.24) is 4.98 Å². The standard InChI is InChI=1S/C20H16N2O3S/c1-24-15-8-4-5-9-16(15)25-12-18(23)21-20-22-19-14-7-3-2-6-13(14)10-11-17(19)26-20/h2-11H,12H2,1H3,(H,21,22,23).